The molecule has 0 radical (unpaired) electrons. The zero-order valence-electron chi connectivity index (χ0n) is 17.4. The van der Waals surface area contributed by atoms with Crippen LogP contribution in [0, 0.1) is 0 Å². The van der Waals surface area contributed by atoms with Crippen LogP contribution in [0.5, 0.6) is 5.75 Å². The Kier molecular flexibility index (Phi) is 5.33. The van der Waals surface area contributed by atoms with Gasteiger partial charge in [0.1, 0.15) is 11.4 Å². The number of hydrogen-bond acceptors (Lipinski definition) is 7. The number of rotatable bonds is 6. The number of fused-ring (bicyclic) bond motifs is 3. The molecule has 2 heterocycles. The Balaban J connectivity index is 1.97. The van der Waals surface area contributed by atoms with Gasteiger partial charge in [-0.15, -0.1) is 0 Å². The quantitative estimate of drug-likeness (QED) is 0.481. The first-order valence-corrected chi connectivity index (χ1v) is 9.89. The van der Waals surface area contributed by atoms with Crippen molar-refractivity contribution in [3.05, 3.63) is 54.2 Å². The average molecular weight is 422 g/mol. The molecule has 0 fully saturated rings. The van der Waals surface area contributed by atoms with Crippen molar-refractivity contribution in [2.45, 2.75) is 19.3 Å². The van der Waals surface area contributed by atoms with Crippen LogP contribution in [-0.2, 0) is 24.5 Å². The Morgan fingerprint density at radius 1 is 1.03 bits per heavy atom. The SMILES string of the molecule is CCOC(=O)C1(C(=O)OCC)C(=Nc2ccc(OC)cc2)Nn2nc3ccccc3c21. The Morgan fingerprint density at radius 3 is 2.29 bits per heavy atom. The van der Waals surface area contributed by atoms with Crippen molar-refractivity contribution in [3.8, 4) is 5.75 Å². The highest BCUT2D eigenvalue weighted by Gasteiger charge is 2.62. The first-order chi connectivity index (χ1) is 15.1. The second-order valence-corrected chi connectivity index (χ2v) is 6.74. The van der Waals surface area contributed by atoms with Crippen LogP contribution >= 0.6 is 0 Å². The highest BCUT2D eigenvalue weighted by molar-refractivity contribution is 6.32. The van der Waals surface area contributed by atoms with Gasteiger partial charge in [0.15, 0.2) is 5.84 Å². The Hall–Kier alpha value is -3.88. The van der Waals surface area contributed by atoms with Gasteiger partial charge in [0.2, 0.25) is 0 Å². The summed E-state index contributed by atoms with van der Waals surface area (Å²) in [7, 11) is 1.57. The van der Waals surface area contributed by atoms with Crippen LogP contribution in [0.15, 0.2) is 53.5 Å². The van der Waals surface area contributed by atoms with E-state index in [0.29, 0.717) is 28.0 Å². The van der Waals surface area contributed by atoms with E-state index in [1.165, 1.54) is 4.79 Å². The fourth-order valence-corrected chi connectivity index (χ4v) is 3.61. The van der Waals surface area contributed by atoms with Gasteiger partial charge in [-0.3, -0.25) is 5.43 Å². The number of esters is 2. The number of aromatic nitrogens is 2. The molecule has 160 valence electrons. The van der Waals surface area contributed by atoms with E-state index in [1.807, 2.05) is 12.1 Å². The number of carbonyl (C=O) groups excluding carboxylic acids is 2. The molecular weight excluding hydrogens is 400 g/mol. The molecule has 0 saturated carbocycles. The summed E-state index contributed by atoms with van der Waals surface area (Å²) < 4.78 is 15.9. The van der Waals surface area contributed by atoms with Crippen LogP contribution in [0.25, 0.3) is 10.9 Å². The molecule has 9 heteroatoms. The normalized spacial score (nSPS) is 15.4. The molecule has 1 aliphatic rings. The monoisotopic (exact) mass is 422 g/mol. The molecular formula is C22H22N4O5. The van der Waals surface area contributed by atoms with Gasteiger partial charge in [0.25, 0.3) is 5.41 Å². The van der Waals surface area contributed by atoms with Crippen molar-refractivity contribution >= 4 is 34.4 Å². The lowest BCUT2D eigenvalue weighted by Crippen LogP contribution is -2.51. The number of hydrogen-bond donors (Lipinski definition) is 1. The fraction of sp³-hybridized carbons (Fsp3) is 0.273. The van der Waals surface area contributed by atoms with Gasteiger partial charge in [-0.05, 0) is 44.2 Å². The van der Waals surface area contributed by atoms with Crippen LogP contribution < -0.4 is 10.2 Å². The highest BCUT2D eigenvalue weighted by atomic mass is 16.6. The Morgan fingerprint density at radius 2 is 1.68 bits per heavy atom. The minimum atomic E-state index is -1.94. The Bertz CT molecular complexity index is 1150. The van der Waals surface area contributed by atoms with Crippen LogP contribution in [0.4, 0.5) is 5.69 Å². The summed E-state index contributed by atoms with van der Waals surface area (Å²) in [6.07, 6.45) is 0. The van der Waals surface area contributed by atoms with Crippen molar-refractivity contribution in [1.82, 2.24) is 9.89 Å². The number of benzene rings is 2. The molecule has 3 aromatic rings. The van der Waals surface area contributed by atoms with Crippen molar-refractivity contribution in [1.29, 1.82) is 0 Å². The summed E-state index contributed by atoms with van der Waals surface area (Å²) in [4.78, 5) is 32.7. The molecule has 1 N–H and O–H groups in total. The van der Waals surface area contributed by atoms with E-state index in [1.54, 1.807) is 57.4 Å². The van der Waals surface area contributed by atoms with Gasteiger partial charge in [0, 0.05) is 5.39 Å². The van der Waals surface area contributed by atoms with E-state index >= 15 is 0 Å². The Labute approximate surface area is 178 Å². The third-order valence-corrected chi connectivity index (χ3v) is 4.98. The van der Waals surface area contributed by atoms with E-state index in [0.717, 1.165) is 0 Å². The first kappa shape index (κ1) is 20.4. The van der Waals surface area contributed by atoms with E-state index < -0.39 is 17.4 Å². The minimum absolute atomic E-state index is 0.0582. The van der Waals surface area contributed by atoms with Gasteiger partial charge >= 0.3 is 11.9 Å². The summed E-state index contributed by atoms with van der Waals surface area (Å²) in [6.45, 7) is 3.52. The topological polar surface area (TPSA) is 104 Å². The molecule has 9 nitrogen and oxygen atoms in total. The molecule has 0 spiro atoms. The predicted octanol–water partition coefficient (Wildman–Crippen LogP) is 2.70. The average Bonchev–Trinajstić information content (AvgIpc) is 3.28. The molecule has 4 rings (SSSR count). The van der Waals surface area contributed by atoms with Crippen LogP contribution in [0.2, 0.25) is 0 Å². The molecule has 0 bridgehead atoms. The zero-order chi connectivity index (χ0) is 22.0. The second-order valence-electron chi connectivity index (χ2n) is 6.74. The van der Waals surface area contributed by atoms with E-state index in [2.05, 4.69) is 15.5 Å². The maximum atomic E-state index is 13.4. The van der Waals surface area contributed by atoms with Crippen molar-refractivity contribution in [3.63, 3.8) is 0 Å². The smallest absolute Gasteiger partial charge is 0.337 e. The lowest BCUT2D eigenvalue weighted by molar-refractivity contribution is -0.160. The zero-order valence-corrected chi connectivity index (χ0v) is 17.4. The predicted molar refractivity (Wildman–Crippen MR) is 114 cm³/mol. The molecule has 0 unspecified atom stereocenters. The lowest BCUT2D eigenvalue weighted by atomic mass is 9.82. The molecule has 0 aliphatic carbocycles. The standard InChI is InChI=1S/C22H22N4O5/c1-4-30-20(27)22(21(28)31-5-2)18-16-8-6-7-9-17(16)24-26(18)25-19(22)23-14-10-12-15(29-3)13-11-14/h6-13H,4-5H2,1-3H3,(H,23,25). The number of methoxy groups -OCH3 is 1. The summed E-state index contributed by atoms with van der Waals surface area (Å²) in [5, 5.41) is 5.10. The van der Waals surface area contributed by atoms with Crippen molar-refractivity contribution in [2.24, 2.45) is 4.99 Å². The number of aliphatic imine (C=N–C) groups is 1. The maximum Gasteiger partial charge on any atom is 0.337 e. The summed E-state index contributed by atoms with van der Waals surface area (Å²) in [6, 6.07) is 14.1. The van der Waals surface area contributed by atoms with Crippen molar-refractivity contribution < 1.29 is 23.8 Å². The number of amidine groups is 1. The van der Waals surface area contributed by atoms with Crippen LogP contribution in [-0.4, -0.2) is 48.0 Å². The van der Waals surface area contributed by atoms with Crippen LogP contribution in [0.3, 0.4) is 0 Å². The maximum absolute atomic E-state index is 13.4. The molecule has 0 saturated heterocycles. The molecule has 2 aromatic carbocycles. The highest BCUT2D eigenvalue weighted by Crippen LogP contribution is 2.39. The summed E-state index contributed by atoms with van der Waals surface area (Å²) in [5.41, 5.74) is 2.49. The van der Waals surface area contributed by atoms with Gasteiger partial charge in [0.05, 0.1) is 31.5 Å². The van der Waals surface area contributed by atoms with Gasteiger partial charge in [-0.2, -0.15) is 9.89 Å². The minimum Gasteiger partial charge on any atom is -0.497 e. The first-order valence-electron chi connectivity index (χ1n) is 9.89. The van der Waals surface area contributed by atoms with E-state index in [4.69, 9.17) is 14.2 Å². The molecule has 0 amide bonds. The molecule has 0 atom stereocenters. The number of nitrogens with zero attached hydrogens (tertiary/aromatic N) is 3. The number of nitrogens with one attached hydrogen (secondary N) is 1. The van der Waals surface area contributed by atoms with E-state index in [9.17, 15) is 9.59 Å². The lowest BCUT2D eigenvalue weighted by Gasteiger charge is -2.24. The third kappa shape index (κ3) is 3.18. The van der Waals surface area contributed by atoms with Crippen LogP contribution in [0.1, 0.15) is 19.5 Å². The molecule has 1 aliphatic heterocycles. The largest absolute Gasteiger partial charge is 0.497 e. The summed E-state index contributed by atoms with van der Waals surface area (Å²) >= 11 is 0. The molecule has 1 aromatic heterocycles. The fourth-order valence-electron chi connectivity index (χ4n) is 3.61. The third-order valence-electron chi connectivity index (χ3n) is 4.98. The molecule has 31 heavy (non-hydrogen) atoms. The summed E-state index contributed by atoms with van der Waals surface area (Å²) in [5.74, 6) is -0.845. The van der Waals surface area contributed by atoms with E-state index in [-0.39, 0.29) is 19.0 Å². The van der Waals surface area contributed by atoms with Gasteiger partial charge in [-0.1, -0.05) is 18.2 Å². The number of ether oxygens (including phenoxy) is 3. The second kappa shape index (κ2) is 8.10. The van der Waals surface area contributed by atoms with Crippen molar-refractivity contribution in [2.75, 3.05) is 25.7 Å². The van der Waals surface area contributed by atoms with Gasteiger partial charge in [-0.25, -0.2) is 14.6 Å². The van der Waals surface area contributed by atoms with Gasteiger partial charge < -0.3 is 14.2 Å². The number of carbonyl (C=O) groups is 2.